The largest absolute Gasteiger partial charge is 0.293 e. The number of fused-ring (bicyclic) bond motifs is 1. The van der Waals surface area contributed by atoms with Gasteiger partial charge >= 0.3 is 0 Å². The molecule has 0 amide bonds. The van der Waals surface area contributed by atoms with Crippen molar-refractivity contribution in [3.63, 3.8) is 0 Å². The van der Waals surface area contributed by atoms with Crippen LogP contribution in [0.2, 0.25) is 0 Å². The SMILES string of the molecule is C[C@H]1CCN2CC=C[C@H]12. The summed E-state index contributed by atoms with van der Waals surface area (Å²) in [6, 6.07) is 0.796. The Morgan fingerprint density at radius 3 is 3.22 bits per heavy atom. The highest BCUT2D eigenvalue weighted by molar-refractivity contribution is 5.08. The Morgan fingerprint density at radius 1 is 1.56 bits per heavy atom. The minimum atomic E-state index is 0.796. The van der Waals surface area contributed by atoms with Gasteiger partial charge in [-0.05, 0) is 18.9 Å². The van der Waals surface area contributed by atoms with Gasteiger partial charge in [0.1, 0.15) is 0 Å². The standard InChI is InChI=1S/C8H13N/c1-7-4-6-9-5-2-3-8(7)9/h2-3,7-8H,4-6H2,1H3/t7-,8+/m0/s1. The molecule has 0 aromatic rings. The fourth-order valence-corrected chi connectivity index (χ4v) is 1.91. The lowest BCUT2D eigenvalue weighted by Crippen LogP contribution is -2.25. The van der Waals surface area contributed by atoms with Crippen molar-refractivity contribution in [2.45, 2.75) is 19.4 Å². The zero-order chi connectivity index (χ0) is 6.27. The van der Waals surface area contributed by atoms with Crippen molar-refractivity contribution in [1.82, 2.24) is 4.90 Å². The van der Waals surface area contributed by atoms with E-state index in [0.29, 0.717) is 0 Å². The normalized spacial score (nSPS) is 41.9. The van der Waals surface area contributed by atoms with Gasteiger partial charge in [-0.1, -0.05) is 19.1 Å². The van der Waals surface area contributed by atoms with Crippen molar-refractivity contribution in [3.05, 3.63) is 12.2 Å². The summed E-state index contributed by atoms with van der Waals surface area (Å²) in [6.07, 6.45) is 6.05. The van der Waals surface area contributed by atoms with Crippen LogP contribution in [-0.2, 0) is 0 Å². The molecule has 2 aliphatic heterocycles. The molecule has 50 valence electrons. The van der Waals surface area contributed by atoms with Gasteiger partial charge in [-0.25, -0.2) is 0 Å². The van der Waals surface area contributed by atoms with Crippen LogP contribution in [0, 0.1) is 5.92 Å². The van der Waals surface area contributed by atoms with Crippen molar-refractivity contribution in [1.29, 1.82) is 0 Å². The van der Waals surface area contributed by atoms with E-state index in [1.165, 1.54) is 19.5 Å². The molecule has 1 saturated heterocycles. The number of nitrogens with zero attached hydrogens (tertiary/aromatic N) is 1. The van der Waals surface area contributed by atoms with Gasteiger partial charge in [-0.2, -0.15) is 0 Å². The van der Waals surface area contributed by atoms with E-state index >= 15 is 0 Å². The third-order valence-electron chi connectivity index (χ3n) is 2.55. The molecule has 0 aromatic heterocycles. The highest BCUT2D eigenvalue weighted by Gasteiger charge is 2.30. The summed E-state index contributed by atoms with van der Waals surface area (Å²) >= 11 is 0. The van der Waals surface area contributed by atoms with Crippen LogP contribution >= 0.6 is 0 Å². The van der Waals surface area contributed by atoms with Gasteiger partial charge in [0, 0.05) is 12.6 Å². The Morgan fingerprint density at radius 2 is 2.44 bits per heavy atom. The first-order valence-corrected chi connectivity index (χ1v) is 3.78. The fraction of sp³-hybridized carbons (Fsp3) is 0.750. The summed E-state index contributed by atoms with van der Waals surface area (Å²) in [5, 5.41) is 0. The quantitative estimate of drug-likeness (QED) is 0.438. The molecule has 1 fully saturated rings. The Balaban J connectivity index is 2.15. The lowest BCUT2D eigenvalue weighted by molar-refractivity contribution is 0.321. The third-order valence-corrected chi connectivity index (χ3v) is 2.55. The first-order chi connectivity index (χ1) is 4.38. The molecule has 0 aliphatic carbocycles. The molecule has 2 rings (SSSR count). The summed E-state index contributed by atoms with van der Waals surface area (Å²) in [5.41, 5.74) is 0. The van der Waals surface area contributed by atoms with Crippen LogP contribution in [0.25, 0.3) is 0 Å². The smallest absolute Gasteiger partial charge is 0.0308 e. The van der Waals surface area contributed by atoms with Gasteiger partial charge in [0.25, 0.3) is 0 Å². The molecule has 2 atom stereocenters. The van der Waals surface area contributed by atoms with E-state index in [0.717, 1.165) is 12.0 Å². The fourth-order valence-electron chi connectivity index (χ4n) is 1.91. The first-order valence-electron chi connectivity index (χ1n) is 3.78. The topological polar surface area (TPSA) is 3.24 Å². The molecule has 0 aromatic carbocycles. The van der Waals surface area contributed by atoms with Crippen LogP contribution < -0.4 is 0 Å². The van der Waals surface area contributed by atoms with Crippen molar-refractivity contribution >= 4 is 0 Å². The van der Waals surface area contributed by atoms with E-state index in [4.69, 9.17) is 0 Å². The molecule has 2 heterocycles. The molecular weight excluding hydrogens is 110 g/mol. The zero-order valence-corrected chi connectivity index (χ0v) is 5.88. The minimum Gasteiger partial charge on any atom is -0.293 e. The van der Waals surface area contributed by atoms with Crippen LogP contribution in [0.1, 0.15) is 13.3 Å². The second kappa shape index (κ2) is 1.84. The highest BCUT2D eigenvalue weighted by Crippen LogP contribution is 2.27. The van der Waals surface area contributed by atoms with Gasteiger partial charge in [-0.15, -0.1) is 0 Å². The van der Waals surface area contributed by atoms with Crippen LogP contribution in [0.4, 0.5) is 0 Å². The maximum Gasteiger partial charge on any atom is 0.0308 e. The number of hydrogen-bond acceptors (Lipinski definition) is 1. The van der Waals surface area contributed by atoms with E-state index in [-0.39, 0.29) is 0 Å². The van der Waals surface area contributed by atoms with Gasteiger partial charge in [0.05, 0.1) is 0 Å². The lowest BCUT2D eigenvalue weighted by atomic mass is 10.0. The summed E-state index contributed by atoms with van der Waals surface area (Å²) in [7, 11) is 0. The minimum absolute atomic E-state index is 0.796. The van der Waals surface area contributed by atoms with E-state index in [1.54, 1.807) is 0 Å². The molecular formula is C8H13N. The zero-order valence-electron chi connectivity index (χ0n) is 5.88. The number of rotatable bonds is 0. The summed E-state index contributed by atoms with van der Waals surface area (Å²) in [5.74, 6) is 0.906. The molecule has 0 bridgehead atoms. The summed E-state index contributed by atoms with van der Waals surface area (Å²) in [4.78, 5) is 2.55. The average molecular weight is 123 g/mol. The lowest BCUT2D eigenvalue weighted by Gasteiger charge is -2.15. The molecule has 2 aliphatic rings. The van der Waals surface area contributed by atoms with Crippen LogP contribution in [0.3, 0.4) is 0 Å². The van der Waals surface area contributed by atoms with E-state index in [9.17, 15) is 0 Å². The molecule has 0 N–H and O–H groups in total. The molecule has 0 saturated carbocycles. The highest BCUT2D eigenvalue weighted by atomic mass is 15.2. The molecule has 0 unspecified atom stereocenters. The molecule has 1 heteroatoms. The molecule has 9 heavy (non-hydrogen) atoms. The van der Waals surface area contributed by atoms with Gasteiger partial charge in [-0.3, -0.25) is 4.90 Å². The predicted molar refractivity (Wildman–Crippen MR) is 38.3 cm³/mol. The van der Waals surface area contributed by atoms with Crippen LogP contribution in [0.5, 0.6) is 0 Å². The van der Waals surface area contributed by atoms with Crippen molar-refractivity contribution < 1.29 is 0 Å². The van der Waals surface area contributed by atoms with E-state index in [2.05, 4.69) is 24.0 Å². The van der Waals surface area contributed by atoms with Gasteiger partial charge < -0.3 is 0 Å². The third kappa shape index (κ3) is 0.715. The Hall–Kier alpha value is -0.300. The van der Waals surface area contributed by atoms with Crippen molar-refractivity contribution in [2.75, 3.05) is 13.1 Å². The number of hydrogen-bond donors (Lipinski definition) is 0. The first kappa shape index (κ1) is 5.48. The Labute approximate surface area is 56.4 Å². The Kier molecular flexibility index (Phi) is 1.12. The second-order valence-electron chi connectivity index (χ2n) is 3.18. The average Bonchev–Trinajstić information content (AvgIpc) is 2.35. The maximum absolute atomic E-state index is 2.55. The predicted octanol–water partition coefficient (Wildman–Crippen LogP) is 1.27. The van der Waals surface area contributed by atoms with Gasteiger partial charge in [0.15, 0.2) is 0 Å². The monoisotopic (exact) mass is 123 g/mol. The Bertz CT molecular complexity index is 140. The van der Waals surface area contributed by atoms with E-state index < -0.39 is 0 Å². The van der Waals surface area contributed by atoms with Crippen LogP contribution in [-0.4, -0.2) is 24.0 Å². The van der Waals surface area contributed by atoms with E-state index in [1.807, 2.05) is 0 Å². The molecule has 1 nitrogen and oxygen atoms in total. The molecule has 0 spiro atoms. The van der Waals surface area contributed by atoms with Gasteiger partial charge in [0.2, 0.25) is 0 Å². The molecule has 0 radical (unpaired) electrons. The summed E-state index contributed by atoms with van der Waals surface area (Å²) in [6.45, 7) is 4.87. The van der Waals surface area contributed by atoms with Crippen molar-refractivity contribution in [2.24, 2.45) is 5.92 Å². The second-order valence-corrected chi connectivity index (χ2v) is 3.18. The summed E-state index contributed by atoms with van der Waals surface area (Å²) < 4.78 is 0. The maximum atomic E-state index is 2.55. The van der Waals surface area contributed by atoms with Crippen LogP contribution in [0.15, 0.2) is 12.2 Å². The van der Waals surface area contributed by atoms with Crippen molar-refractivity contribution in [3.8, 4) is 0 Å².